The Labute approximate surface area is 100 Å². The van der Waals surface area contributed by atoms with E-state index < -0.39 is 0 Å². The van der Waals surface area contributed by atoms with Crippen molar-refractivity contribution in [3.63, 3.8) is 0 Å². The molecule has 0 aliphatic rings. The standard InChI is InChI=1S/C12H17NO2S/c1-8(13)10-5-4-6-11(7-10)16-9(2)12(14)15-3/h4-9H,13H2,1-3H3. The van der Waals surface area contributed by atoms with Gasteiger partial charge in [-0.25, -0.2) is 0 Å². The maximum Gasteiger partial charge on any atom is 0.318 e. The van der Waals surface area contributed by atoms with Crippen molar-refractivity contribution in [1.29, 1.82) is 0 Å². The highest BCUT2D eigenvalue weighted by Crippen LogP contribution is 2.26. The van der Waals surface area contributed by atoms with Crippen LogP contribution in [0.15, 0.2) is 29.2 Å². The van der Waals surface area contributed by atoms with Gasteiger partial charge in [0.25, 0.3) is 0 Å². The lowest BCUT2D eigenvalue weighted by atomic mass is 10.1. The molecule has 0 aliphatic heterocycles. The van der Waals surface area contributed by atoms with Crippen molar-refractivity contribution < 1.29 is 9.53 Å². The van der Waals surface area contributed by atoms with Crippen LogP contribution in [0.25, 0.3) is 0 Å². The van der Waals surface area contributed by atoms with Crippen molar-refractivity contribution in [2.45, 2.75) is 30.0 Å². The van der Waals surface area contributed by atoms with Crippen molar-refractivity contribution in [3.8, 4) is 0 Å². The van der Waals surface area contributed by atoms with Gasteiger partial charge in [0.1, 0.15) is 5.25 Å². The molecule has 0 aromatic heterocycles. The number of methoxy groups -OCH3 is 1. The van der Waals surface area contributed by atoms with E-state index in [0.29, 0.717) is 0 Å². The van der Waals surface area contributed by atoms with Crippen LogP contribution in [0, 0.1) is 0 Å². The quantitative estimate of drug-likeness (QED) is 0.647. The number of esters is 1. The molecule has 0 amide bonds. The zero-order valence-corrected chi connectivity index (χ0v) is 10.6. The van der Waals surface area contributed by atoms with Crippen molar-refractivity contribution >= 4 is 17.7 Å². The minimum Gasteiger partial charge on any atom is -0.468 e. The summed E-state index contributed by atoms with van der Waals surface area (Å²) in [6.45, 7) is 3.77. The fourth-order valence-electron chi connectivity index (χ4n) is 1.29. The Hall–Kier alpha value is -1.00. The number of nitrogens with two attached hydrogens (primary N) is 1. The van der Waals surface area contributed by atoms with Gasteiger partial charge in [-0.2, -0.15) is 0 Å². The fourth-order valence-corrected chi connectivity index (χ4v) is 2.25. The number of carbonyl (C=O) groups excluding carboxylic acids is 1. The van der Waals surface area contributed by atoms with E-state index in [1.807, 2.05) is 38.1 Å². The largest absolute Gasteiger partial charge is 0.468 e. The van der Waals surface area contributed by atoms with Crippen LogP contribution in [0.1, 0.15) is 25.5 Å². The molecular formula is C12H17NO2S. The monoisotopic (exact) mass is 239 g/mol. The topological polar surface area (TPSA) is 52.3 Å². The minimum atomic E-state index is -0.212. The summed E-state index contributed by atoms with van der Waals surface area (Å²) in [5.74, 6) is -0.212. The smallest absolute Gasteiger partial charge is 0.318 e. The summed E-state index contributed by atoms with van der Waals surface area (Å²) in [4.78, 5) is 12.3. The average Bonchev–Trinajstić information content (AvgIpc) is 2.28. The third kappa shape index (κ3) is 3.54. The van der Waals surface area contributed by atoms with Crippen LogP contribution >= 0.6 is 11.8 Å². The zero-order chi connectivity index (χ0) is 12.1. The van der Waals surface area contributed by atoms with Crippen molar-refractivity contribution in [2.24, 2.45) is 5.73 Å². The summed E-state index contributed by atoms with van der Waals surface area (Å²) in [6.07, 6.45) is 0. The Kier molecular flexibility index (Phi) is 4.83. The van der Waals surface area contributed by atoms with Crippen molar-refractivity contribution in [1.82, 2.24) is 0 Å². The highest BCUT2D eigenvalue weighted by molar-refractivity contribution is 8.00. The van der Waals surface area contributed by atoms with Gasteiger partial charge < -0.3 is 10.5 Å². The Balaban J connectivity index is 2.74. The molecule has 2 N–H and O–H groups in total. The van der Waals surface area contributed by atoms with Crippen LogP contribution < -0.4 is 5.73 Å². The summed E-state index contributed by atoms with van der Waals surface area (Å²) in [6, 6.07) is 7.92. The van der Waals surface area contributed by atoms with Gasteiger partial charge in [-0.1, -0.05) is 12.1 Å². The van der Waals surface area contributed by atoms with Gasteiger partial charge in [0, 0.05) is 10.9 Å². The van der Waals surface area contributed by atoms with Gasteiger partial charge in [-0.05, 0) is 31.5 Å². The summed E-state index contributed by atoms with van der Waals surface area (Å²) in [5, 5.41) is -0.201. The second kappa shape index (κ2) is 5.92. The predicted octanol–water partition coefficient (Wildman–Crippen LogP) is 2.36. The lowest BCUT2D eigenvalue weighted by Crippen LogP contribution is -2.14. The molecule has 16 heavy (non-hydrogen) atoms. The minimum absolute atomic E-state index is 0.00832. The van der Waals surface area contributed by atoms with Crippen LogP contribution in [0.3, 0.4) is 0 Å². The molecule has 0 radical (unpaired) electrons. The molecule has 0 spiro atoms. The van der Waals surface area contributed by atoms with E-state index in [9.17, 15) is 4.79 Å². The maximum absolute atomic E-state index is 11.3. The third-order valence-electron chi connectivity index (χ3n) is 2.23. The molecule has 3 nitrogen and oxygen atoms in total. The number of thioether (sulfide) groups is 1. The van der Waals surface area contributed by atoms with Gasteiger partial charge in [-0.3, -0.25) is 4.79 Å². The average molecular weight is 239 g/mol. The first kappa shape index (κ1) is 13.1. The summed E-state index contributed by atoms with van der Waals surface area (Å²) < 4.78 is 4.68. The summed E-state index contributed by atoms with van der Waals surface area (Å²) in [5.41, 5.74) is 6.87. The molecule has 2 unspecified atom stereocenters. The number of rotatable bonds is 4. The van der Waals surface area contributed by atoms with Gasteiger partial charge in [0.2, 0.25) is 0 Å². The van der Waals surface area contributed by atoms with Crippen molar-refractivity contribution in [3.05, 3.63) is 29.8 Å². The molecule has 2 atom stereocenters. The molecule has 1 aromatic rings. The first-order valence-electron chi connectivity index (χ1n) is 5.14. The van der Waals surface area contributed by atoms with E-state index >= 15 is 0 Å². The molecule has 1 aromatic carbocycles. The molecular weight excluding hydrogens is 222 g/mol. The fraction of sp³-hybridized carbons (Fsp3) is 0.417. The first-order valence-corrected chi connectivity index (χ1v) is 6.02. The van der Waals surface area contributed by atoms with E-state index in [0.717, 1.165) is 10.5 Å². The first-order chi connectivity index (χ1) is 7.54. The SMILES string of the molecule is COC(=O)C(C)Sc1cccc(C(C)N)c1. The number of carbonyl (C=O) groups is 1. The summed E-state index contributed by atoms with van der Waals surface area (Å²) in [7, 11) is 1.40. The highest BCUT2D eigenvalue weighted by Gasteiger charge is 2.14. The number of hydrogen-bond donors (Lipinski definition) is 1. The van der Waals surface area contributed by atoms with Gasteiger partial charge in [0.05, 0.1) is 7.11 Å². The van der Waals surface area contributed by atoms with Gasteiger partial charge in [-0.15, -0.1) is 11.8 Å². The molecule has 0 heterocycles. The van der Waals surface area contributed by atoms with Crippen LogP contribution in [0.4, 0.5) is 0 Å². The molecule has 88 valence electrons. The number of ether oxygens (including phenoxy) is 1. The molecule has 0 aliphatic carbocycles. The normalized spacial score (nSPS) is 14.2. The van der Waals surface area contributed by atoms with Crippen LogP contribution in [0.2, 0.25) is 0 Å². The van der Waals surface area contributed by atoms with Gasteiger partial charge >= 0.3 is 5.97 Å². The Morgan fingerprint density at radius 3 is 2.69 bits per heavy atom. The van der Waals surface area contributed by atoms with E-state index in [2.05, 4.69) is 4.74 Å². The second-order valence-electron chi connectivity index (χ2n) is 3.64. The van der Waals surface area contributed by atoms with Crippen LogP contribution in [0.5, 0.6) is 0 Å². The van der Waals surface area contributed by atoms with E-state index in [-0.39, 0.29) is 17.3 Å². The lowest BCUT2D eigenvalue weighted by molar-refractivity contribution is -0.139. The summed E-state index contributed by atoms with van der Waals surface area (Å²) >= 11 is 1.48. The molecule has 0 bridgehead atoms. The Morgan fingerprint density at radius 1 is 1.44 bits per heavy atom. The van der Waals surface area contributed by atoms with Crippen LogP contribution in [-0.4, -0.2) is 18.3 Å². The van der Waals surface area contributed by atoms with E-state index in [1.54, 1.807) is 0 Å². The molecule has 0 fully saturated rings. The Bertz CT molecular complexity index is 366. The zero-order valence-electron chi connectivity index (χ0n) is 9.77. The maximum atomic E-state index is 11.3. The van der Waals surface area contributed by atoms with Gasteiger partial charge in [0.15, 0.2) is 0 Å². The Morgan fingerprint density at radius 2 is 2.12 bits per heavy atom. The number of benzene rings is 1. The number of hydrogen-bond acceptors (Lipinski definition) is 4. The third-order valence-corrected chi connectivity index (χ3v) is 3.30. The van der Waals surface area contributed by atoms with E-state index in [4.69, 9.17) is 5.73 Å². The lowest BCUT2D eigenvalue weighted by Gasteiger charge is -2.11. The van der Waals surface area contributed by atoms with Crippen LogP contribution in [-0.2, 0) is 9.53 Å². The molecule has 4 heteroatoms. The molecule has 0 saturated heterocycles. The molecule has 0 saturated carbocycles. The second-order valence-corrected chi connectivity index (χ2v) is 5.06. The van der Waals surface area contributed by atoms with E-state index in [1.165, 1.54) is 18.9 Å². The van der Waals surface area contributed by atoms with Crippen molar-refractivity contribution in [2.75, 3.05) is 7.11 Å². The predicted molar refractivity (Wildman–Crippen MR) is 66.4 cm³/mol. The highest BCUT2D eigenvalue weighted by atomic mass is 32.2. The molecule has 1 rings (SSSR count).